The molecule has 0 unspecified atom stereocenters. The standard InChI is InChI=1S/C17H27N3O4S/c1-23-11-15-4-8-20(9-5-15)25(21,22)19-17-13-24-12-16(17)10-14-2-6-18-7-3-14/h2-3,6-7,15-17,19H,4-5,8-13H2,1H3/t16-,17+/m1/s1. The van der Waals surface area contributed by atoms with Crippen LogP contribution >= 0.6 is 0 Å². The van der Waals surface area contributed by atoms with Gasteiger partial charge in [-0.1, -0.05) is 0 Å². The van der Waals surface area contributed by atoms with Gasteiger partial charge in [-0.05, 0) is 42.9 Å². The van der Waals surface area contributed by atoms with Crippen LogP contribution in [0.3, 0.4) is 0 Å². The Morgan fingerprint density at radius 3 is 2.68 bits per heavy atom. The molecule has 1 N–H and O–H groups in total. The fourth-order valence-corrected chi connectivity index (χ4v) is 5.05. The van der Waals surface area contributed by atoms with Crippen molar-refractivity contribution < 1.29 is 17.9 Å². The Balaban J connectivity index is 1.56. The first-order valence-corrected chi connectivity index (χ1v) is 10.3. The molecule has 1 aromatic rings. The zero-order valence-corrected chi connectivity index (χ0v) is 15.5. The fourth-order valence-electron chi connectivity index (χ4n) is 3.57. The van der Waals surface area contributed by atoms with Crippen molar-refractivity contribution in [3.05, 3.63) is 30.1 Å². The van der Waals surface area contributed by atoms with Crippen LogP contribution in [0.4, 0.5) is 0 Å². The Labute approximate surface area is 149 Å². The maximum Gasteiger partial charge on any atom is 0.279 e. The molecule has 1 aromatic heterocycles. The van der Waals surface area contributed by atoms with E-state index in [1.54, 1.807) is 23.8 Å². The minimum absolute atomic E-state index is 0.142. The summed E-state index contributed by atoms with van der Waals surface area (Å²) in [6, 6.07) is 3.74. The summed E-state index contributed by atoms with van der Waals surface area (Å²) in [5, 5.41) is 0. The molecule has 3 heterocycles. The molecule has 3 rings (SSSR count). The van der Waals surface area contributed by atoms with Gasteiger partial charge in [-0.3, -0.25) is 4.98 Å². The third-order valence-corrected chi connectivity index (χ3v) is 6.71. The van der Waals surface area contributed by atoms with Crippen molar-refractivity contribution in [2.75, 3.05) is 40.0 Å². The topological polar surface area (TPSA) is 80.8 Å². The molecule has 0 radical (unpaired) electrons. The SMILES string of the molecule is COCC1CCN(S(=O)(=O)N[C@H]2COC[C@H]2Cc2ccncc2)CC1. The Hall–Kier alpha value is -1.06. The lowest BCUT2D eigenvalue weighted by molar-refractivity contribution is 0.121. The summed E-state index contributed by atoms with van der Waals surface area (Å²) in [6.45, 7) is 2.80. The van der Waals surface area contributed by atoms with E-state index in [1.165, 1.54) is 0 Å². The Kier molecular flexibility index (Phi) is 6.40. The third-order valence-electron chi connectivity index (χ3n) is 5.06. The first kappa shape index (κ1) is 18.7. The molecule has 25 heavy (non-hydrogen) atoms. The van der Waals surface area contributed by atoms with Crippen molar-refractivity contribution in [2.24, 2.45) is 11.8 Å². The summed E-state index contributed by atoms with van der Waals surface area (Å²) in [5.74, 6) is 0.592. The molecule has 0 spiro atoms. The molecule has 2 atom stereocenters. The lowest BCUT2D eigenvalue weighted by atomic mass is 9.96. The highest BCUT2D eigenvalue weighted by atomic mass is 32.2. The van der Waals surface area contributed by atoms with Gasteiger partial charge in [-0.25, -0.2) is 0 Å². The molecule has 8 heteroatoms. The molecule has 0 aromatic carbocycles. The summed E-state index contributed by atoms with van der Waals surface area (Å²) in [6.07, 6.45) is 5.99. The lowest BCUT2D eigenvalue weighted by Crippen LogP contribution is -2.50. The van der Waals surface area contributed by atoms with Crippen LogP contribution in [0.2, 0.25) is 0 Å². The number of ether oxygens (including phenoxy) is 2. The molecule has 2 aliphatic rings. The number of hydrogen-bond donors (Lipinski definition) is 1. The number of nitrogens with one attached hydrogen (secondary N) is 1. The van der Waals surface area contributed by atoms with Gasteiger partial charge < -0.3 is 9.47 Å². The number of aromatic nitrogens is 1. The van der Waals surface area contributed by atoms with E-state index in [-0.39, 0.29) is 12.0 Å². The first-order chi connectivity index (χ1) is 12.1. The first-order valence-electron chi connectivity index (χ1n) is 8.81. The molecule has 7 nitrogen and oxygen atoms in total. The minimum atomic E-state index is -3.48. The molecule has 0 aliphatic carbocycles. The van der Waals surface area contributed by atoms with Gasteiger partial charge in [0, 0.05) is 45.1 Å². The zero-order chi connectivity index (χ0) is 17.7. The van der Waals surface area contributed by atoms with Crippen molar-refractivity contribution in [3.63, 3.8) is 0 Å². The van der Waals surface area contributed by atoms with Gasteiger partial charge >= 0.3 is 0 Å². The van der Waals surface area contributed by atoms with E-state index in [4.69, 9.17) is 9.47 Å². The van der Waals surface area contributed by atoms with Crippen molar-refractivity contribution in [1.82, 2.24) is 14.0 Å². The van der Waals surface area contributed by atoms with Gasteiger partial charge in [-0.2, -0.15) is 17.4 Å². The molecule has 140 valence electrons. The Bertz CT molecular complexity index is 633. The molecular weight excluding hydrogens is 342 g/mol. The van der Waals surface area contributed by atoms with Crippen LogP contribution in [0.5, 0.6) is 0 Å². The van der Waals surface area contributed by atoms with Crippen LogP contribution in [0.1, 0.15) is 18.4 Å². The van der Waals surface area contributed by atoms with Crippen LogP contribution in [0, 0.1) is 11.8 Å². The molecule has 2 aliphatic heterocycles. The van der Waals surface area contributed by atoms with Crippen LogP contribution < -0.4 is 4.72 Å². The van der Waals surface area contributed by atoms with Crippen LogP contribution in [-0.2, 0) is 26.1 Å². The quantitative estimate of drug-likeness (QED) is 0.770. The smallest absolute Gasteiger partial charge is 0.279 e. The predicted molar refractivity (Wildman–Crippen MR) is 94.3 cm³/mol. The van der Waals surface area contributed by atoms with Gasteiger partial charge in [0.2, 0.25) is 0 Å². The summed E-state index contributed by atoms with van der Waals surface area (Å²) in [7, 11) is -1.79. The minimum Gasteiger partial charge on any atom is -0.384 e. The molecule has 0 bridgehead atoms. The third kappa shape index (κ3) is 4.98. The highest BCUT2D eigenvalue weighted by Crippen LogP contribution is 2.23. The second-order valence-electron chi connectivity index (χ2n) is 6.88. The van der Waals surface area contributed by atoms with E-state index in [0.29, 0.717) is 38.8 Å². The zero-order valence-electron chi connectivity index (χ0n) is 14.6. The van der Waals surface area contributed by atoms with Crippen LogP contribution in [0.15, 0.2) is 24.5 Å². The second-order valence-corrected chi connectivity index (χ2v) is 8.59. The number of methoxy groups -OCH3 is 1. The lowest BCUT2D eigenvalue weighted by Gasteiger charge is -2.32. The summed E-state index contributed by atoms with van der Waals surface area (Å²) in [5.41, 5.74) is 1.15. The summed E-state index contributed by atoms with van der Waals surface area (Å²) in [4.78, 5) is 4.02. The molecule has 0 amide bonds. The normalized spacial score (nSPS) is 26.1. The number of pyridine rings is 1. The fraction of sp³-hybridized carbons (Fsp3) is 0.706. The number of nitrogens with zero attached hydrogens (tertiary/aromatic N) is 2. The predicted octanol–water partition coefficient (Wildman–Crippen LogP) is 0.832. The molecular formula is C17H27N3O4S. The highest BCUT2D eigenvalue weighted by molar-refractivity contribution is 7.87. The van der Waals surface area contributed by atoms with Crippen molar-refractivity contribution >= 4 is 10.2 Å². The highest BCUT2D eigenvalue weighted by Gasteiger charge is 2.35. The largest absolute Gasteiger partial charge is 0.384 e. The van der Waals surface area contributed by atoms with E-state index in [2.05, 4.69) is 9.71 Å². The second kappa shape index (κ2) is 8.55. The molecule has 2 fully saturated rings. The number of hydrogen-bond acceptors (Lipinski definition) is 5. The van der Waals surface area contributed by atoms with Crippen LogP contribution in [-0.4, -0.2) is 63.8 Å². The summed E-state index contributed by atoms with van der Waals surface area (Å²) >= 11 is 0. The average molecular weight is 369 g/mol. The van der Waals surface area contributed by atoms with Crippen molar-refractivity contribution in [2.45, 2.75) is 25.3 Å². The molecule has 2 saturated heterocycles. The van der Waals surface area contributed by atoms with Gasteiger partial charge in [0.1, 0.15) is 0 Å². The van der Waals surface area contributed by atoms with E-state index >= 15 is 0 Å². The number of rotatable bonds is 7. The van der Waals surface area contributed by atoms with E-state index < -0.39 is 10.2 Å². The van der Waals surface area contributed by atoms with E-state index in [0.717, 1.165) is 24.8 Å². The van der Waals surface area contributed by atoms with Gasteiger partial charge in [0.25, 0.3) is 10.2 Å². The Morgan fingerprint density at radius 2 is 2.00 bits per heavy atom. The van der Waals surface area contributed by atoms with E-state index in [9.17, 15) is 8.42 Å². The number of piperidine rings is 1. The maximum absolute atomic E-state index is 12.7. The average Bonchev–Trinajstić information content (AvgIpc) is 3.03. The van der Waals surface area contributed by atoms with Gasteiger partial charge in [0.05, 0.1) is 19.3 Å². The monoisotopic (exact) mass is 369 g/mol. The van der Waals surface area contributed by atoms with Gasteiger partial charge in [0.15, 0.2) is 0 Å². The van der Waals surface area contributed by atoms with Gasteiger partial charge in [-0.15, -0.1) is 0 Å². The maximum atomic E-state index is 12.7. The van der Waals surface area contributed by atoms with E-state index in [1.807, 2.05) is 12.1 Å². The summed E-state index contributed by atoms with van der Waals surface area (Å²) < 4.78 is 40.6. The van der Waals surface area contributed by atoms with Crippen LogP contribution in [0.25, 0.3) is 0 Å². The van der Waals surface area contributed by atoms with Crippen molar-refractivity contribution in [1.29, 1.82) is 0 Å². The van der Waals surface area contributed by atoms with Crippen molar-refractivity contribution in [3.8, 4) is 0 Å². The Morgan fingerprint density at radius 1 is 1.28 bits per heavy atom. The molecule has 0 saturated carbocycles.